The van der Waals surface area contributed by atoms with Crippen LogP contribution in [-0.2, 0) is 33.3 Å². The molecule has 14 heteroatoms. The first-order valence-electron chi connectivity index (χ1n) is 23.0. The van der Waals surface area contributed by atoms with Crippen LogP contribution in [-0.4, -0.2) is 133 Å². The van der Waals surface area contributed by atoms with Gasteiger partial charge in [-0.2, -0.15) is 0 Å². The molecule has 3 aromatic carbocycles. The van der Waals surface area contributed by atoms with Crippen LogP contribution in [0.4, 0.5) is 5.69 Å². The highest BCUT2D eigenvalue weighted by Gasteiger charge is 2.34. The summed E-state index contributed by atoms with van der Waals surface area (Å²) >= 11 is 5.61. The van der Waals surface area contributed by atoms with Gasteiger partial charge >= 0.3 is 5.97 Å². The smallest absolute Gasteiger partial charge is 0.317 e. The van der Waals surface area contributed by atoms with Gasteiger partial charge in [0.1, 0.15) is 0 Å². The maximum absolute atomic E-state index is 12.6. The zero-order valence-electron chi connectivity index (χ0n) is 39.6. The number of nitrogens with one attached hydrogen (secondary N) is 1. The average Bonchev–Trinajstić information content (AvgIpc) is 3.29. The molecule has 0 spiro atoms. The van der Waals surface area contributed by atoms with E-state index in [0.717, 1.165) is 54.2 Å². The Morgan fingerprint density at radius 1 is 0.766 bits per heavy atom. The number of carbonyl (C=O) groups excluding carboxylic acids is 2. The number of carboxylic acid groups (broad SMARTS) is 1. The van der Waals surface area contributed by atoms with Crippen molar-refractivity contribution in [2.45, 2.75) is 86.1 Å². The molecular formula is C50H77ClN4O9. The molecule has 1 fully saturated rings. The number of aliphatic carboxylic acids is 1. The average molecular weight is 914 g/mol. The molecule has 2 unspecified atom stereocenters. The third-order valence-corrected chi connectivity index (χ3v) is 10.7. The molecule has 3 aromatic rings. The maximum Gasteiger partial charge on any atom is 0.317 e. The predicted molar refractivity (Wildman–Crippen MR) is 258 cm³/mol. The van der Waals surface area contributed by atoms with Crippen molar-refractivity contribution in [3.63, 3.8) is 0 Å². The van der Waals surface area contributed by atoms with Crippen LogP contribution in [0.5, 0.6) is 0 Å². The first-order chi connectivity index (χ1) is 30.9. The Labute approximate surface area is 388 Å². The number of aryl methyl sites for hydroxylation is 1. The van der Waals surface area contributed by atoms with Crippen molar-refractivity contribution < 1.29 is 43.2 Å². The number of amides is 2. The lowest BCUT2D eigenvalue weighted by Gasteiger charge is -2.40. The summed E-state index contributed by atoms with van der Waals surface area (Å²) in [5.41, 5.74) is 11.5. The van der Waals surface area contributed by atoms with Gasteiger partial charge < -0.3 is 44.7 Å². The molecule has 2 atom stereocenters. The van der Waals surface area contributed by atoms with E-state index in [9.17, 15) is 14.4 Å². The molecule has 5 rings (SSSR count). The highest BCUT2D eigenvalue weighted by Crippen LogP contribution is 2.44. The van der Waals surface area contributed by atoms with Gasteiger partial charge in [0.15, 0.2) is 0 Å². The highest BCUT2D eigenvalue weighted by molar-refractivity contribution is 6.30. The Morgan fingerprint density at radius 2 is 1.28 bits per heavy atom. The summed E-state index contributed by atoms with van der Waals surface area (Å²) in [6.45, 7) is 22.3. The van der Waals surface area contributed by atoms with Crippen molar-refractivity contribution in [2.75, 3.05) is 104 Å². The van der Waals surface area contributed by atoms with Crippen LogP contribution in [0.1, 0.15) is 94.6 Å². The number of hydrogen-bond donors (Lipinski definition) is 3. The minimum Gasteiger partial charge on any atom is -0.480 e. The van der Waals surface area contributed by atoms with E-state index < -0.39 is 5.97 Å². The van der Waals surface area contributed by atoms with Gasteiger partial charge in [-0.25, -0.2) is 0 Å². The number of rotatable bonds is 22. The maximum atomic E-state index is 12.6. The Bertz CT molecular complexity index is 1700. The van der Waals surface area contributed by atoms with Crippen molar-refractivity contribution in [3.05, 3.63) is 88.4 Å². The van der Waals surface area contributed by atoms with E-state index in [4.69, 9.17) is 46.1 Å². The molecule has 2 heterocycles. The van der Waals surface area contributed by atoms with E-state index in [-0.39, 0.29) is 24.4 Å². The summed E-state index contributed by atoms with van der Waals surface area (Å²) in [6.07, 6.45) is 4.53. The zero-order valence-corrected chi connectivity index (χ0v) is 40.3. The molecule has 0 radical (unpaired) electrons. The van der Waals surface area contributed by atoms with Crippen LogP contribution in [0.2, 0.25) is 5.02 Å². The van der Waals surface area contributed by atoms with Crippen molar-refractivity contribution in [3.8, 4) is 11.1 Å². The van der Waals surface area contributed by atoms with Crippen LogP contribution < -0.4 is 16.0 Å². The van der Waals surface area contributed by atoms with Crippen molar-refractivity contribution >= 4 is 35.1 Å². The molecule has 1 saturated heterocycles. The van der Waals surface area contributed by atoms with Crippen molar-refractivity contribution in [1.29, 1.82) is 0 Å². The third kappa shape index (κ3) is 22.3. The Morgan fingerprint density at radius 3 is 1.77 bits per heavy atom. The quantitative estimate of drug-likeness (QED) is 0.0833. The predicted octanol–water partition coefficient (Wildman–Crippen LogP) is 8.24. The number of hydrogen-bond acceptors (Lipinski definition) is 10. The van der Waals surface area contributed by atoms with Gasteiger partial charge in [0.05, 0.1) is 72.6 Å². The number of piperidine rings is 1. The van der Waals surface area contributed by atoms with Crippen LogP contribution in [0.3, 0.4) is 0 Å². The molecular weight excluding hydrogens is 836 g/mol. The fourth-order valence-corrected chi connectivity index (χ4v) is 7.38. The molecule has 0 saturated carbocycles. The van der Waals surface area contributed by atoms with Gasteiger partial charge in [0, 0.05) is 42.3 Å². The normalized spacial score (nSPS) is 15.7. The number of halogens is 1. The summed E-state index contributed by atoms with van der Waals surface area (Å²) < 4.78 is 27.1. The van der Waals surface area contributed by atoms with E-state index in [1.807, 2.05) is 79.1 Å². The molecule has 13 nitrogen and oxygen atoms in total. The first-order valence-corrected chi connectivity index (χ1v) is 23.4. The summed E-state index contributed by atoms with van der Waals surface area (Å²) in [5, 5.41) is 12.1. The SMILES string of the molecule is CC.CC(=O)N1c2ccc(-c3ccc(C(=O)NCCOCCOCCOCCOCCOCCN)cc3)cc2C(C(C)C)CC1C.Cc1ccc(Cl)cc1.O=C(O)CN1CCCCC1. The monoisotopic (exact) mass is 913 g/mol. The molecule has 4 N–H and O–H groups in total. The second-order valence-electron chi connectivity index (χ2n) is 15.8. The van der Waals surface area contributed by atoms with E-state index in [0.29, 0.717) is 96.6 Å². The summed E-state index contributed by atoms with van der Waals surface area (Å²) in [4.78, 5) is 39.2. The number of likely N-dealkylation sites (tertiary alicyclic amines) is 1. The number of carbonyl (C=O) groups is 3. The Hall–Kier alpha value is -3.92. The van der Waals surface area contributed by atoms with Gasteiger partial charge in [0.25, 0.3) is 5.91 Å². The van der Waals surface area contributed by atoms with Gasteiger partial charge in [-0.05, 0) is 111 Å². The van der Waals surface area contributed by atoms with Crippen LogP contribution in [0.25, 0.3) is 11.1 Å². The molecule has 0 aromatic heterocycles. The highest BCUT2D eigenvalue weighted by atomic mass is 35.5. The number of fused-ring (bicyclic) bond motifs is 1. The second kappa shape index (κ2) is 33.5. The number of nitrogens with two attached hydrogens (primary N) is 1. The number of carboxylic acids is 1. The van der Waals surface area contributed by atoms with Gasteiger partial charge in [-0.1, -0.05) is 81.6 Å². The molecule has 0 bridgehead atoms. The Balaban J connectivity index is 0.000000573. The third-order valence-electron chi connectivity index (χ3n) is 10.4. The van der Waals surface area contributed by atoms with Crippen LogP contribution >= 0.6 is 11.6 Å². The topological polar surface area (TPSA) is 162 Å². The number of anilines is 1. The minimum absolute atomic E-state index is 0.0726. The molecule has 2 aliphatic heterocycles. The van der Waals surface area contributed by atoms with Gasteiger partial charge in [-0.3, -0.25) is 19.3 Å². The van der Waals surface area contributed by atoms with Crippen molar-refractivity contribution in [1.82, 2.24) is 10.2 Å². The molecule has 0 aliphatic carbocycles. The summed E-state index contributed by atoms with van der Waals surface area (Å²) in [5.74, 6) is 0.0804. The molecule has 358 valence electrons. The number of nitrogens with zero attached hydrogens (tertiary/aromatic N) is 2. The van der Waals surface area contributed by atoms with Gasteiger partial charge in [-0.15, -0.1) is 0 Å². The lowest BCUT2D eigenvalue weighted by atomic mass is 9.78. The fraction of sp³-hybridized carbons (Fsp3) is 0.580. The Kier molecular flexibility index (Phi) is 29.5. The lowest BCUT2D eigenvalue weighted by molar-refractivity contribution is -0.138. The van der Waals surface area contributed by atoms with E-state index in [1.165, 1.54) is 17.5 Å². The largest absolute Gasteiger partial charge is 0.480 e. The van der Waals surface area contributed by atoms with Crippen LogP contribution in [0, 0.1) is 12.8 Å². The van der Waals surface area contributed by atoms with Crippen LogP contribution in [0.15, 0.2) is 66.7 Å². The van der Waals surface area contributed by atoms with E-state index in [1.54, 1.807) is 6.92 Å². The number of ether oxygens (including phenoxy) is 5. The first kappa shape index (κ1) is 56.2. The fourth-order valence-electron chi connectivity index (χ4n) is 7.26. The minimum atomic E-state index is -0.707. The molecule has 64 heavy (non-hydrogen) atoms. The van der Waals surface area contributed by atoms with Crippen molar-refractivity contribution in [2.24, 2.45) is 11.7 Å². The lowest BCUT2D eigenvalue weighted by Crippen LogP contribution is -2.42. The number of benzene rings is 3. The zero-order chi connectivity index (χ0) is 47.1. The second-order valence-corrected chi connectivity index (χ2v) is 16.2. The summed E-state index contributed by atoms with van der Waals surface area (Å²) in [6, 6.07) is 21.9. The standard InChI is InChI=1S/C34H51N3O7.C7H7Cl.C7H13NO2.C2H6/c1-25(2)31-23-26(3)37(27(4)38)33-10-9-30(24-32(31)33)28-5-7-29(8-6-28)34(39)36-12-14-41-16-18-43-20-22-44-21-19-42-17-15-40-13-11-35;1-6-2-4-7(8)5-3-6;9-7(10)6-8-4-2-1-3-5-8;1-2/h5-10,24-26,31H,11-23,35H2,1-4H3,(H,36,39);2-5H,1H3;1-6H2,(H,9,10);1-2H3. The summed E-state index contributed by atoms with van der Waals surface area (Å²) in [7, 11) is 0. The van der Waals surface area contributed by atoms with E-state index in [2.05, 4.69) is 44.3 Å². The van der Waals surface area contributed by atoms with E-state index >= 15 is 0 Å². The van der Waals surface area contributed by atoms with Gasteiger partial charge in [0.2, 0.25) is 5.91 Å². The molecule has 2 amide bonds. The molecule has 2 aliphatic rings.